The van der Waals surface area contributed by atoms with Crippen molar-refractivity contribution >= 4 is 43.6 Å². The number of nitrogens with zero attached hydrogens (tertiary/aromatic N) is 3. The minimum atomic E-state index is 0.631. The van der Waals surface area contributed by atoms with Crippen LogP contribution in [0.5, 0.6) is 0 Å². The Morgan fingerprint density at radius 1 is 0.391 bits per heavy atom. The highest BCUT2D eigenvalue weighted by Gasteiger charge is 2.19. The highest BCUT2D eigenvalue weighted by Crippen LogP contribution is 2.41. The van der Waals surface area contributed by atoms with E-state index in [0.717, 1.165) is 44.7 Å². The molecule has 0 fully saturated rings. The van der Waals surface area contributed by atoms with Gasteiger partial charge >= 0.3 is 0 Å². The van der Waals surface area contributed by atoms with Crippen LogP contribution in [0.25, 0.3) is 77.2 Å². The largest absolute Gasteiger partial charge is 0.309 e. The molecule has 0 saturated heterocycles. The number of fused-ring (bicyclic) bond motifs is 6. The first-order valence-corrected chi connectivity index (χ1v) is 15.5. The number of nitriles is 1. The Labute approximate surface area is 266 Å². The van der Waals surface area contributed by atoms with Gasteiger partial charge in [-0.1, -0.05) is 115 Å². The van der Waals surface area contributed by atoms with Gasteiger partial charge in [0.05, 0.1) is 39.4 Å². The number of rotatable bonds is 4. The molecule has 2 aromatic heterocycles. The van der Waals surface area contributed by atoms with Crippen LogP contribution in [-0.2, 0) is 0 Å². The van der Waals surface area contributed by atoms with Gasteiger partial charge in [-0.05, 0) is 65.2 Å². The normalized spacial score (nSPS) is 11.5. The van der Waals surface area contributed by atoms with Crippen molar-refractivity contribution < 1.29 is 0 Å². The molecule has 0 aliphatic heterocycles. The Balaban J connectivity index is 1.28. The molecule has 0 N–H and O–H groups in total. The van der Waals surface area contributed by atoms with E-state index in [2.05, 4.69) is 167 Å². The Kier molecular flexibility index (Phi) is 5.88. The molecule has 0 atom stereocenters. The van der Waals surface area contributed by atoms with Crippen molar-refractivity contribution in [2.24, 2.45) is 0 Å². The van der Waals surface area contributed by atoms with Gasteiger partial charge in [-0.2, -0.15) is 5.26 Å². The molecule has 7 aromatic carbocycles. The van der Waals surface area contributed by atoms with Crippen LogP contribution < -0.4 is 0 Å². The summed E-state index contributed by atoms with van der Waals surface area (Å²) in [4.78, 5) is 0. The van der Waals surface area contributed by atoms with E-state index in [1.807, 2.05) is 12.1 Å². The zero-order chi connectivity index (χ0) is 30.6. The van der Waals surface area contributed by atoms with Crippen LogP contribution >= 0.6 is 0 Å². The fourth-order valence-electron chi connectivity index (χ4n) is 7.18. The van der Waals surface area contributed by atoms with Gasteiger partial charge in [0.25, 0.3) is 0 Å². The number of hydrogen-bond donors (Lipinski definition) is 0. The Morgan fingerprint density at radius 2 is 0.891 bits per heavy atom. The summed E-state index contributed by atoms with van der Waals surface area (Å²) in [5.74, 6) is 0. The van der Waals surface area contributed by atoms with E-state index in [9.17, 15) is 5.26 Å². The molecule has 3 heteroatoms. The fourth-order valence-corrected chi connectivity index (χ4v) is 7.18. The Bertz CT molecular complexity index is 2560. The molecule has 0 radical (unpaired) electrons. The highest BCUT2D eigenvalue weighted by atomic mass is 15.0. The van der Waals surface area contributed by atoms with Crippen molar-refractivity contribution in [1.29, 1.82) is 5.26 Å². The maximum absolute atomic E-state index is 9.99. The topological polar surface area (TPSA) is 33.6 Å². The molecule has 9 aromatic rings. The van der Waals surface area contributed by atoms with E-state index in [1.165, 1.54) is 32.6 Å². The van der Waals surface area contributed by atoms with E-state index >= 15 is 0 Å². The second-order valence-corrected chi connectivity index (χ2v) is 11.7. The van der Waals surface area contributed by atoms with Gasteiger partial charge in [0.1, 0.15) is 0 Å². The van der Waals surface area contributed by atoms with Gasteiger partial charge in [0.2, 0.25) is 0 Å². The summed E-state index contributed by atoms with van der Waals surface area (Å²) in [6.45, 7) is 0. The van der Waals surface area contributed by atoms with Gasteiger partial charge < -0.3 is 9.13 Å². The summed E-state index contributed by atoms with van der Waals surface area (Å²) in [6.07, 6.45) is 0. The summed E-state index contributed by atoms with van der Waals surface area (Å²) < 4.78 is 4.67. The first kappa shape index (κ1) is 26.1. The first-order chi connectivity index (χ1) is 22.8. The van der Waals surface area contributed by atoms with Crippen LogP contribution in [0.3, 0.4) is 0 Å². The second kappa shape index (κ2) is 10.4. The van der Waals surface area contributed by atoms with Crippen molar-refractivity contribution in [2.75, 3.05) is 0 Å². The van der Waals surface area contributed by atoms with E-state index in [-0.39, 0.29) is 0 Å². The van der Waals surface area contributed by atoms with Gasteiger partial charge in [-0.3, -0.25) is 0 Å². The summed E-state index contributed by atoms with van der Waals surface area (Å²) in [5, 5.41) is 14.9. The molecule has 0 saturated carbocycles. The smallest absolute Gasteiger partial charge is 0.0992 e. The number of benzene rings is 7. The third-order valence-electron chi connectivity index (χ3n) is 9.16. The van der Waals surface area contributed by atoms with Gasteiger partial charge in [0.15, 0.2) is 0 Å². The summed E-state index contributed by atoms with van der Waals surface area (Å²) in [7, 11) is 0. The van der Waals surface area contributed by atoms with Gasteiger partial charge in [0, 0.05) is 32.8 Å². The standard InChI is InChI=1S/C43H27N3/c44-28-29-24-25-38(43(26-29)46-41-22-9-5-18-36(41)37-19-6-10-23-42(37)46)33-15-2-1-14-32(33)30-12-11-13-31(27-30)45-39-20-7-3-16-34(39)35-17-4-8-21-40(35)45/h1-27H. The van der Waals surface area contributed by atoms with Crippen molar-refractivity contribution in [1.82, 2.24) is 9.13 Å². The number of aromatic nitrogens is 2. The monoisotopic (exact) mass is 585 g/mol. The van der Waals surface area contributed by atoms with Crippen LogP contribution in [0, 0.1) is 11.3 Å². The minimum Gasteiger partial charge on any atom is -0.309 e. The Morgan fingerprint density at radius 3 is 1.46 bits per heavy atom. The van der Waals surface area contributed by atoms with Crippen molar-refractivity contribution in [3.8, 4) is 39.7 Å². The maximum Gasteiger partial charge on any atom is 0.0992 e. The van der Waals surface area contributed by atoms with Crippen LogP contribution in [-0.4, -0.2) is 9.13 Å². The van der Waals surface area contributed by atoms with E-state index < -0.39 is 0 Å². The molecule has 0 aliphatic carbocycles. The first-order valence-electron chi connectivity index (χ1n) is 15.5. The van der Waals surface area contributed by atoms with Crippen LogP contribution in [0.15, 0.2) is 164 Å². The molecule has 2 heterocycles. The number of para-hydroxylation sites is 4. The quantitative estimate of drug-likeness (QED) is 0.202. The molecule has 3 nitrogen and oxygen atoms in total. The third kappa shape index (κ3) is 3.91. The molecule has 9 rings (SSSR count). The van der Waals surface area contributed by atoms with Crippen molar-refractivity contribution in [3.05, 3.63) is 169 Å². The average Bonchev–Trinajstić information content (AvgIpc) is 3.65. The lowest BCUT2D eigenvalue weighted by atomic mass is 9.92. The minimum absolute atomic E-state index is 0.631. The van der Waals surface area contributed by atoms with Crippen molar-refractivity contribution in [3.63, 3.8) is 0 Å². The molecular weight excluding hydrogens is 558 g/mol. The molecular formula is C43H27N3. The van der Waals surface area contributed by atoms with Crippen molar-refractivity contribution in [2.45, 2.75) is 0 Å². The lowest BCUT2D eigenvalue weighted by Crippen LogP contribution is -1.99. The maximum atomic E-state index is 9.99. The predicted molar refractivity (Wildman–Crippen MR) is 191 cm³/mol. The van der Waals surface area contributed by atoms with E-state index in [0.29, 0.717) is 5.56 Å². The molecule has 0 spiro atoms. The fraction of sp³-hybridized carbons (Fsp3) is 0. The lowest BCUT2D eigenvalue weighted by Gasteiger charge is -2.18. The predicted octanol–water partition coefficient (Wildman–Crippen LogP) is 11.1. The third-order valence-corrected chi connectivity index (χ3v) is 9.16. The van der Waals surface area contributed by atoms with Gasteiger partial charge in [-0.15, -0.1) is 0 Å². The van der Waals surface area contributed by atoms with E-state index in [4.69, 9.17) is 0 Å². The van der Waals surface area contributed by atoms with Crippen LogP contribution in [0.2, 0.25) is 0 Å². The molecule has 46 heavy (non-hydrogen) atoms. The lowest BCUT2D eigenvalue weighted by molar-refractivity contribution is 1.18. The summed E-state index contributed by atoms with van der Waals surface area (Å²) in [5.41, 5.74) is 11.8. The Hall–Kier alpha value is -6.37. The van der Waals surface area contributed by atoms with Crippen LogP contribution in [0.4, 0.5) is 0 Å². The highest BCUT2D eigenvalue weighted by molar-refractivity contribution is 6.10. The van der Waals surface area contributed by atoms with E-state index in [1.54, 1.807) is 0 Å². The molecule has 0 aliphatic rings. The van der Waals surface area contributed by atoms with Gasteiger partial charge in [-0.25, -0.2) is 0 Å². The molecule has 0 unspecified atom stereocenters. The molecule has 214 valence electrons. The SMILES string of the molecule is N#Cc1ccc(-c2ccccc2-c2cccc(-n3c4ccccc4c4ccccc43)c2)c(-n2c3ccccc3c3ccccc32)c1. The summed E-state index contributed by atoms with van der Waals surface area (Å²) >= 11 is 0. The average molecular weight is 586 g/mol. The molecule has 0 amide bonds. The molecule has 0 bridgehead atoms. The second-order valence-electron chi connectivity index (χ2n) is 11.7. The zero-order valence-corrected chi connectivity index (χ0v) is 24.9. The summed E-state index contributed by atoms with van der Waals surface area (Å²) in [6, 6.07) is 60.1. The zero-order valence-electron chi connectivity index (χ0n) is 24.9. The van der Waals surface area contributed by atoms with Crippen LogP contribution in [0.1, 0.15) is 5.56 Å². The number of hydrogen-bond acceptors (Lipinski definition) is 1.